The summed E-state index contributed by atoms with van der Waals surface area (Å²) in [6, 6.07) is 17.8. The van der Waals surface area contributed by atoms with E-state index >= 15 is 0 Å². The highest BCUT2D eigenvalue weighted by Gasteiger charge is 2.27. The van der Waals surface area contributed by atoms with Crippen LogP contribution in [-0.2, 0) is 13.1 Å². The molecule has 0 aliphatic heterocycles. The Morgan fingerprint density at radius 2 is 1.53 bits per heavy atom. The zero-order valence-electron chi connectivity index (χ0n) is 16.2. The number of para-hydroxylation sites is 2. The Balaban J connectivity index is 1.54. The van der Waals surface area contributed by atoms with Gasteiger partial charge in [-0.15, -0.1) is 0 Å². The summed E-state index contributed by atoms with van der Waals surface area (Å²) in [5, 5.41) is 22.3. The molecule has 1 aliphatic rings. The number of nitriles is 1. The van der Waals surface area contributed by atoms with E-state index in [0.717, 1.165) is 39.2 Å². The van der Waals surface area contributed by atoms with Crippen molar-refractivity contribution < 1.29 is 5.11 Å². The molecular weight excluding hydrogens is 380 g/mol. The van der Waals surface area contributed by atoms with E-state index in [1.54, 1.807) is 0 Å². The number of rotatable bonds is 5. The second kappa shape index (κ2) is 7.01. The summed E-state index contributed by atoms with van der Waals surface area (Å²) in [7, 11) is 0. The lowest BCUT2D eigenvalue weighted by molar-refractivity contribution is 0.133. The molecule has 5 rings (SSSR count). The summed E-state index contributed by atoms with van der Waals surface area (Å²) in [4.78, 5) is 25.4. The third-order valence-corrected chi connectivity index (χ3v) is 5.72. The van der Waals surface area contributed by atoms with E-state index in [1.807, 2.05) is 59.2 Å². The molecule has 0 spiro atoms. The average molecular weight is 400 g/mol. The maximum Gasteiger partial charge on any atom is 0.331 e. The molecule has 1 fully saturated rings. The number of aliphatic hydroxyl groups excluding tert-OH is 1. The minimum atomic E-state index is -0.976. The van der Waals surface area contributed by atoms with Gasteiger partial charge in [-0.2, -0.15) is 5.26 Å². The third-order valence-electron chi connectivity index (χ3n) is 5.72. The van der Waals surface area contributed by atoms with Crippen molar-refractivity contribution in [3.8, 4) is 6.07 Å². The SMILES string of the molecule is N#Cc1cn(C2CC2)c(=O)n(CC(O)Cn2c3ccccc3c3ccccc32)c1=O. The van der Waals surface area contributed by atoms with Crippen molar-refractivity contribution in [2.24, 2.45) is 0 Å². The number of hydrogen-bond donors (Lipinski definition) is 1. The molecule has 1 saturated carbocycles. The zero-order chi connectivity index (χ0) is 20.8. The Hall–Kier alpha value is -3.63. The minimum absolute atomic E-state index is 0.0333. The van der Waals surface area contributed by atoms with Crippen LogP contribution >= 0.6 is 0 Å². The van der Waals surface area contributed by atoms with Crippen LogP contribution in [0.3, 0.4) is 0 Å². The molecule has 0 bridgehead atoms. The van der Waals surface area contributed by atoms with Crippen LogP contribution in [0.5, 0.6) is 0 Å². The number of fused-ring (bicyclic) bond motifs is 3. The molecule has 2 heterocycles. The van der Waals surface area contributed by atoms with Crippen LogP contribution < -0.4 is 11.2 Å². The Morgan fingerprint density at radius 1 is 0.967 bits per heavy atom. The molecule has 150 valence electrons. The van der Waals surface area contributed by atoms with E-state index in [-0.39, 0.29) is 24.7 Å². The third kappa shape index (κ3) is 2.93. The van der Waals surface area contributed by atoms with Crippen LogP contribution in [-0.4, -0.2) is 24.9 Å². The van der Waals surface area contributed by atoms with Crippen LogP contribution in [0, 0.1) is 11.3 Å². The van der Waals surface area contributed by atoms with E-state index in [9.17, 15) is 20.0 Å². The quantitative estimate of drug-likeness (QED) is 0.557. The molecule has 0 amide bonds. The predicted octanol–water partition coefficient (Wildman–Crippen LogP) is 2.39. The molecule has 0 saturated heterocycles. The van der Waals surface area contributed by atoms with E-state index < -0.39 is 17.4 Å². The molecule has 0 radical (unpaired) electrons. The Morgan fingerprint density at radius 3 is 2.10 bits per heavy atom. The number of nitrogens with zero attached hydrogens (tertiary/aromatic N) is 4. The summed E-state index contributed by atoms with van der Waals surface area (Å²) < 4.78 is 4.45. The highest BCUT2D eigenvalue weighted by molar-refractivity contribution is 6.07. The van der Waals surface area contributed by atoms with E-state index in [2.05, 4.69) is 0 Å². The Labute approximate surface area is 171 Å². The molecular formula is C23H20N4O3. The standard InChI is InChI=1S/C23H20N4O3/c24-11-15-12-25(16-9-10-16)23(30)27(22(15)29)14-17(28)13-26-20-7-3-1-5-18(20)19-6-2-4-8-21(19)26/h1-8,12,16-17,28H,9-10,13-14H2. The lowest BCUT2D eigenvalue weighted by atomic mass is 10.2. The second-order valence-corrected chi connectivity index (χ2v) is 7.79. The van der Waals surface area contributed by atoms with Crippen LogP contribution in [0.4, 0.5) is 0 Å². The van der Waals surface area contributed by atoms with Crippen LogP contribution in [0.25, 0.3) is 21.8 Å². The minimum Gasteiger partial charge on any atom is -0.389 e. The summed E-state index contributed by atoms with van der Waals surface area (Å²) >= 11 is 0. The van der Waals surface area contributed by atoms with Gasteiger partial charge in [0.2, 0.25) is 0 Å². The van der Waals surface area contributed by atoms with E-state index in [0.29, 0.717) is 0 Å². The fourth-order valence-corrected chi connectivity index (χ4v) is 4.15. The Bertz CT molecular complexity index is 1380. The van der Waals surface area contributed by atoms with Crippen molar-refractivity contribution in [1.29, 1.82) is 5.26 Å². The lowest BCUT2D eigenvalue weighted by Crippen LogP contribution is -2.43. The predicted molar refractivity (Wildman–Crippen MR) is 113 cm³/mol. The van der Waals surface area contributed by atoms with Gasteiger partial charge in [-0.25, -0.2) is 4.79 Å². The van der Waals surface area contributed by atoms with Gasteiger partial charge in [0.15, 0.2) is 0 Å². The number of aromatic nitrogens is 3. The van der Waals surface area contributed by atoms with Crippen molar-refractivity contribution in [3.05, 3.63) is 81.1 Å². The Kier molecular flexibility index (Phi) is 4.30. The molecule has 2 aromatic carbocycles. The van der Waals surface area contributed by atoms with Gasteiger partial charge in [0, 0.05) is 34.0 Å². The van der Waals surface area contributed by atoms with E-state index in [4.69, 9.17) is 0 Å². The van der Waals surface area contributed by atoms with Crippen molar-refractivity contribution in [3.63, 3.8) is 0 Å². The van der Waals surface area contributed by atoms with Crippen molar-refractivity contribution in [1.82, 2.24) is 13.7 Å². The number of aliphatic hydroxyl groups is 1. The highest BCUT2D eigenvalue weighted by Crippen LogP contribution is 2.33. The maximum absolute atomic E-state index is 12.8. The van der Waals surface area contributed by atoms with Gasteiger partial charge >= 0.3 is 5.69 Å². The van der Waals surface area contributed by atoms with Gasteiger partial charge in [0.25, 0.3) is 5.56 Å². The van der Waals surface area contributed by atoms with Crippen LogP contribution in [0.15, 0.2) is 64.3 Å². The monoisotopic (exact) mass is 400 g/mol. The van der Waals surface area contributed by atoms with Gasteiger partial charge < -0.3 is 9.67 Å². The van der Waals surface area contributed by atoms with Gasteiger partial charge in [-0.05, 0) is 25.0 Å². The molecule has 1 N–H and O–H groups in total. The molecule has 7 nitrogen and oxygen atoms in total. The molecule has 2 aromatic heterocycles. The van der Waals surface area contributed by atoms with Crippen LogP contribution in [0.2, 0.25) is 0 Å². The molecule has 30 heavy (non-hydrogen) atoms. The van der Waals surface area contributed by atoms with Gasteiger partial charge in [0.05, 0.1) is 19.2 Å². The van der Waals surface area contributed by atoms with Crippen molar-refractivity contribution in [2.75, 3.05) is 0 Å². The van der Waals surface area contributed by atoms with Crippen molar-refractivity contribution in [2.45, 2.75) is 38.1 Å². The molecule has 4 aromatic rings. The maximum atomic E-state index is 12.8. The van der Waals surface area contributed by atoms with Gasteiger partial charge in [-0.1, -0.05) is 36.4 Å². The molecule has 1 aliphatic carbocycles. The first-order valence-corrected chi connectivity index (χ1v) is 9.98. The average Bonchev–Trinajstić information content (AvgIpc) is 3.56. The smallest absolute Gasteiger partial charge is 0.331 e. The van der Waals surface area contributed by atoms with E-state index in [1.165, 1.54) is 10.8 Å². The largest absolute Gasteiger partial charge is 0.389 e. The lowest BCUT2D eigenvalue weighted by Gasteiger charge is -2.16. The molecule has 7 heteroatoms. The fourth-order valence-electron chi connectivity index (χ4n) is 4.15. The first-order valence-electron chi connectivity index (χ1n) is 9.98. The second-order valence-electron chi connectivity index (χ2n) is 7.79. The summed E-state index contributed by atoms with van der Waals surface area (Å²) in [5.74, 6) is 0. The van der Waals surface area contributed by atoms with Crippen LogP contribution in [0.1, 0.15) is 24.4 Å². The van der Waals surface area contributed by atoms with Gasteiger partial charge in [-0.3, -0.25) is 13.9 Å². The molecule has 1 atom stereocenters. The fraction of sp³-hybridized carbons (Fsp3) is 0.261. The normalized spacial score (nSPS) is 14.8. The number of hydrogen-bond acceptors (Lipinski definition) is 4. The first kappa shape index (κ1) is 18.4. The summed E-state index contributed by atoms with van der Waals surface area (Å²) in [6.07, 6.45) is 2.08. The molecule has 1 unspecified atom stereocenters. The zero-order valence-corrected chi connectivity index (χ0v) is 16.2. The number of benzene rings is 2. The highest BCUT2D eigenvalue weighted by atomic mass is 16.3. The summed E-state index contributed by atoms with van der Waals surface area (Å²) in [5.41, 5.74) is 0.756. The van der Waals surface area contributed by atoms with Gasteiger partial charge in [0.1, 0.15) is 11.6 Å². The summed E-state index contributed by atoms with van der Waals surface area (Å²) in [6.45, 7) is 0.0564. The first-order chi connectivity index (χ1) is 14.6. The topological polar surface area (TPSA) is 92.9 Å². The van der Waals surface area contributed by atoms with Crippen molar-refractivity contribution >= 4 is 21.8 Å².